The molecular weight excluding hydrogens is 246 g/mol. The van der Waals surface area contributed by atoms with E-state index in [9.17, 15) is 0 Å². The first-order chi connectivity index (χ1) is 9.66. The number of rotatable bonds is 4. The predicted molar refractivity (Wildman–Crippen MR) is 83.1 cm³/mol. The van der Waals surface area contributed by atoms with Crippen molar-refractivity contribution in [3.63, 3.8) is 0 Å². The fourth-order valence-corrected chi connectivity index (χ4v) is 3.52. The van der Waals surface area contributed by atoms with E-state index >= 15 is 0 Å². The molecule has 1 saturated heterocycles. The highest BCUT2D eigenvalue weighted by molar-refractivity contribution is 5.31. The lowest BCUT2D eigenvalue weighted by Gasteiger charge is -2.41. The Kier molecular flexibility index (Phi) is 4.13. The van der Waals surface area contributed by atoms with Crippen LogP contribution >= 0.6 is 0 Å². The molecule has 0 radical (unpaired) electrons. The van der Waals surface area contributed by atoms with Crippen LogP contribution in [-0.2, 0) is 4.74 Å². The third kappa shape index (κ3) is 3.07. The van der Waals surface area contributed by atoms with E-state index in [1.54, 1.807) is 5.56 Å². The molecule has 0 unspecified atom stereocenters. The van der Waals surface area contributed by atoms with E-state index < -0.39 is 0 Å². The number of benzene rings is 1. The Morgan fingerprint density at radius 1 is 1.20 bits per heavy atom. The van der Waals surface area contributed by atoms with E-state index in [0.717, 1.165) is 31.7 Å². The van der Waals surface area contributed by atoms with Crippen molar-refractivity contribution in [3.05, 3.63) is 35.4 Å². The highest BCUT2D eigenvalue weighted by Crippen LogP contribution is 2.39. The normalized spacial score (nSPS) is 28.9. The summed E-state index contributed by atoms with van der Waals surface area (Å²) in [6.07, 6.45) is 5.01. The van der Waals surface area contributed by atoms with Crippen molar-refractivity contribution in [1.29, 1.82) is 0 Å². The molecule has 2 fully saturated rings. The van der Waals surface area contributed by atoms with Crippen LogP contribution in [0.3, 0.4) is 0 Å². The van der Waals surface area contributed by atoms with Crippen molar-refractivity contribution in [2.24, 2.45) is 5.41 Å². The van der Waals surface area contributed by atoms with E-state index in [-0.39, 0.29) is 0 Å². The average molecular weight is 273 g/mol. The van der Waals surface area contributed by atoms with Crippen molar-refractivity contribution in [3.8, 4) is 0 Å². The van der Waals surface area contributed by atoms with Gasteiger partial charge in [-0.15, -0.1) is 0 Å². The number of hydrogen-bond donors (Lipinski definition) is 1. The van der Waals surface area contributed by atoms with Gasteiger partial charge in [-0.1, -0.05) is 31.2 Å². The summed E-state index contributed by atoms with van der Waals surface area (Å²) >= 11 is 0. The molecule has 0 bridgehead atoms. The van der Waals surface area contributed by atoms with E-state index in [4.69, 9.17) is 4.74 Å². The van der Waals surface area contributed by atoms with Crippen LogP contribution in [0.4, 0.5) is 0 Å². The van der Waals surface area contributed by atoms with Crippen LogP contribution in [0, 0.1) is 12.3 Å². The molecule has 0 amide bonds. The highest BCUT2D eigenvalue weighted by Gasteiger charge is 2.33. The number of hydrogen-bond acceptors (Lipinski definition) is 2. The summed E-state index contributed by atoms with van der Waals surface area (Å²) in [6.45, 7) is 7.67. The van der Waals surface area contributed by atoms with Gasteiger partial charge in [-0.3, -0.25) is 0 Å². The molecule has 3 rings (SSSR count). The van der Waals surface area contributed by atoms with Crippen LogP contribution in [0.5, 0.6) is 0 Å². The van der Waals surface area contributed by atoms with Crippen LogP contribution < -0.4 is 5.32 Å². The zero-order chi connectivity index (χ0) is 14.0. The highest BCUT2D eigenvalue weighted by atomic mass is 16.5. The van der Waals surface area contributed by atoms with Crippen molar-refractivity contribution in [2.45, 2.75) is 51.5 Å². The topological polar surface area (TPSA) is 21.3 Å². The standard InChI is InChI=1S/C18H27NO/c1-14-5-3-4-6-17(14)15-11-16(12-15)19-13-18(2)7-9-20-10-8-18/h3-6,15-16,19H,7-13H2,1-2H3. The molecule has 110 valence electrons. The van der Waals surface area contributed by atoms with Gasteiger partial charge in [0, 0.05) is 25.8 Å². The number of ether oxygens (including phenoxy) is 1. The minimum absolute atomic E-state index is 0.450. The molecule has 0 atom stereocenters. The molecule has 0 aromatic heterocycles. The Balaban J connectivity index is 1.46. The van der Waals surface area contributed by atoms with E-state index in [1.807, 2.05) is 0 Å². The molecule has 0 spiro atoms. The molecule has 2 aliphatic rings. The van der Waals surface area contributed by atoms with Crippen LogP contribution in [0.1, 0.15) is 49.7 Å². The van der Waals surface area contributed by atoms with Gasteiger partial charge in [-0.2, -0.15) is 0 Å². The summed E-state index contributed by atoms with van der Waals surface area (Å²) in [7, 11) is 0. The van der Waals surface area contributed by atoms with Gasteiger partial charge in [0.1, 0.15) is 0 Å². The molecule has 1 aromatic carbocycles. The molecule has 1 aliphatic heterocycles. The molecule has 1 N–H and O–H groups in total. The second kappa shape index (κ2) is 5.87. The van der Waals surface area contributed by atoms with Crippen LogP contribution in [-0.4, -0.2) is 25.8 Å². The maximum Gasteiger partial charge on any atom is 0.0471 e. The van der Waals surface area contributed by atoms with Gasteiger partial charge in [0.25, 0.3) is 0 Å². The average Bonchev–Trinajstić information content (AvgIpc) is 2.39. The zero-order valence-electron chi connectivity index (χ0n) is 12.8. The fourth-order valence-electron chi connectivity index (χ4n) is 3.52. The minimum atomic E-state index is 0.450. The van der Waals surface area contributed by atoms with Gasteiger partial charge in [-0.25, -0.2) is 0 Å². The smallest absolute Gasteiger partial charge is 0.0471 e. The first-order valence-electron chi connectivity index (χ1n) is 8.03. The number of aryl methyl sites for hydroxylation is 1. The maximum absolute atomic E-state index is 5.47. The van der Waals surface area contributed by atoms with E-state index in [1.165, 1.54) is 31.2 Å². The monoisotopic (exact) mass is 273 g/mol. The van der Waals surface area contributed by atoms with Crippen LogP contribution in [0.2, 0.25) is 0 Å². The lowest BCUT2D eigenvalue weighted by molar-refractivity contribution is 0.0211. The third-order valence-electron chi connectivity index (χ3n) is 5.28. The second-order valence-electron chi connectivity index (χ2n) is 7.03. The lowest BCUT2D eigenvalue weighted by Crippen LogP contribution is -2.46. The van der Waals surface area contributed by atoms with Crippen molar-refractivity contribution in [1.82, 2.24) is 5.32 Å². The summed E-state index contributed by atoms with van der Waals surface area (Å²) in [5.74, 6) is 0.774. The van der Waals surface area contributed by atoms with E-state index in [0.29, 0.717) is 5.41 Å². The van der Waals surface area contributed by atoms with Crippen molar-refractivity contribution < 1.29 is 4.74 Å². The molecule has 1 heterocycles. The lowest BCUT2D eigenvalue weighted by atomic mass is 9.73. The van der Waals surface area contributed by atoms with Crippen LogP contribution in [0.25, 0.3) is 0 Å². The van der Waals surface area contributed by atoms with Gasteiger partial charge in [0.15, 0.2) is 0 Å². The van der Waals surface area contributed by atoms with Crippen molar-refractivity contribution >= 4 is 0 Å². The summed E-state index contributed by atoms with van der Waals surface area (Å²) < 4.78 is 5.47. The molecule has 2 heteroatoms. The summed E-state index contributed by atoms with van der Waals surface area (Å²) in [5, 5.41) is 3.79. The van der Waals surface area contributed by atoms with Gasteiger partial charge in [-0.05, 0) is 55.1 Å². The minimum Gasteiger partial charge on any atom is -0.381 e. The van der Waals surface area contributed by atoms with Gasteiger partial charge < -0.3 is 10.1 Å². The first-order valence-corrected chi connectivity index (χ1v) is 8.03. The van der Waals surface area contributed by atoms with Gasteiger partial charge in [0.05, 0.1) is 0 Å². The van der Waals surface area contributed by atoms with Gasteiger partial charge >= 0.3 is 0 Å². The Labute approximate surface area is 122 Å². The first kappa shape index (κ1) is 14.1. The SMILES string of the molecule is Cc1ccccc1C1CC(NCC2(C)CCOCC2)C1. The molecule has 1 saturated carbocycles. The maximum atomic E-state index is 5.47. The van der Waals surface area contributed by atoms with Gasteiger partial charge in [0.2, 0.25) is 0 Å². The van der Waals surface area contributed by atoms with Crippen molar-refractivity contribution in [2.75, 3.05) is 19.8 Å². The molecule has 1 aliphatic carbocycles. The largest absolute Gasteiger partial charge is 0.381 e. The Bertz CT molecular complexity index is 444. The van der Waals surface area contributed by atoms with E-state index in [2.05, 4.69) is 43.4 Å². The molecular formula is C18H27NO. The quantitative estimate of drug-likeness (QED) is 0.904. The zero-order valence-corrected chi connectivity index (χ0v) is 12.8. The Hall–Kier alpha value is -0.860. The molecule has 20 heavy (non-hydrogen) atoms. The van der Waals surface area contributed by atoms with Crippen LogP contribution in [0.15, 0.2) is 24.3 Å². The Morgan fingerprint density at radius 3 is 2.60 bits per heavy atom. The second-order valence-corrected chi connectivity index (χ2v) is 7.03. The molecule has 2 nitrogen and oxygen atoms in total. The molecule has 1 aromatic rings. The summed E-state index contributed by atoms with van der Waals surface area (Å²) in [5.41, 5.74) is 3.46. The number of nitrogens with one attached hydrogen (secondary N) is 1. The fraction of sp³-hybridized carbons (Fsp3) is 0.667. The predicted octanol–water partition coefficient (Wildman–Crippen LogP) is 3.65. The summed E-state index contributed by atoms with van der Waals surface area (Å²) in [4.78, 5) is 0. The summed E-state index contributed by atoms with van der Waals surface area (Å²) in [6, 6.07) is 9.57. The third-order valence-corrected chi connectivity index (χ3v) is 5.28. The Morgan fingerprint density at radius 2 is 1.90 bits per heavy atom.